The van der Waals surface area contributed by atoms with Crippen molar-refractivity contribution in [1.82, 2.24) is 4.31 Å². The number of carbonyl (C=O) groups excluding carboxylic acids is 1. The molecule has 0 aromatic heterocycles. The number of carbonyl (C=O) groups is 2. The lowest BCUT2D eigenvalue weighted by Gasteiger charge is -2.34. The Labute approximate surface area is 161 Å². The summed E-state index contributed by atoms with van der Waals surface area (Å²) in [6, 6.07) is 9.55. The largest absolute Gasteiger partial charge is 0.481 e. The smallest absolute Gasteiger partial charge is 0.420 e. The minimum Gasteiger partial charge on any atom is -0.481 e. The van der Waals surface area contributed by atoms with Crippen molar-refractivity contribution in [2.24, 2.45) is 11.8 Å². The highest BCUT2D eigenvalue weighted by atomic mass is 32.1. The van der Waals surface area contributed by atoms with Crippen molar-refractivity contribution >= 4 is 24.9 Å². The molecular weight excluding hydrogens is 350 g/mol. The molecule has 0 spiro atoms. The van der Waals surface area contributed by atoms with E-state index < -0.39 is 12.1 Å². The number of benzene rings is 1. The summed E-state index contributed by atoms with van der Waals surface area (Å²) in [6.45, 7) is 2.42. The van der Waals surface area contributed by atoms with Gasteiger partial charge in [-0.15, -0.1) is 0 Å². The monoisotopic (exact) mass is 379 g/mol. The highest BCUT2D eigenvalue weighted by molar-refractivity contribution is 7.78. The SMILES string of the molecule is CC1CCCC[C@H](N(S)C(=O)OCc2ccccc2)C1CCCC(=O)O. The number of hydrogen-bond acceptors (Lipinski definition) is 4. The van der Waals surface area contributed by atoms with E-state index in [9.17, 15) is 9.59 Å². The van der Waals surface area contributed by atoms with Gasteiger partial charge < -0.3 is 9.84 Å². The van der Waals surface area contributed by atoms with Gasteiger partial charge in [0.15, 0.2) is 0 Å². The first-order chi connectivity index (χ1) is 12.5. The van der Waals surface area contributed by atoms with Crippen molar-refractivity contribution in [1.29, 1.82) is 0 Å². The molecule has 3 atom stereocenters. The van der Waals surface area contributed by atoms with Crippen molar-refractivity contribution in [3.63, 3.8) is 0 Å². The number of carboxylic acids is 1. The lowest BCUT2D eigenvalue weighted by Crippen LogP contribution is -2.40. The van der Waals surface area contributed by atoms with Crippen LogP contribution in [-0.4, -0.2) is 27.5 Å². The number of ether oxygens (including phenoxy) is 1. The minimum atomic E-state index is -0.771. The van der Waals surface area contributed by atoms with Gasteiger partial charge in [-0.05, 0) is 36.7 Å². The van der Waals surface area contributed by atoms with Crippen molar-refractivity contribution in [2.75, 3.05) is 0 Å². The predicted molar refractivity (Wildman–Crippen MR) is 104 cm³/mol. The van der Waals surface area contributed by atoms with E-state index in [-0.39, 0.29) is 25.0 Å². The lowest BCUT2D eigenvalue weighted by atomic mass is 9.82. The number of hydrogen-bond donors (Lipinski definition) is 2. The molecule has 1 fully saturated rings. The Kier molecular flexibility index (Phi) is 8.29. The molecule has 1 amide bonds. The Bertz CT molecular complexity index is 580. The van der Waals surface area contributed by atoms with Crippen molar-refractivity contribution < 1.29 is 19.4 Å². The van der Waals surface area contributed by atoms with E-state index in [4.69, 9.17) is 9.84 Å². The van der Waals surface area contributed by atoms with E-state index in [2.05, 4.69) is 19.7 Å². The Morgan fingerprint density at radius 2 is 1.92 bits per heavy atom. The van der Waals surface area contributed by atoms with Gasteiger partial charge in [-0.3, -0.25) is 9.10 Å². The third kappa shape index (κ3) is 6.24. The van der Waals surface area contributed by atoms with Crippen LogP contribution in [0.15, 0.2) is 30.3 Å². The maximum Gasteiger partial charge on any atom is 0.420 e. The van der Waals surface area contributed by atoms with Crippen LogP contribution in [-0.2, 0) is 16.1 Å². The van der Waals surface area contributed by atoms with E-state index in [0.717, 1.165) is 37.7 Å². The predicted octanol–water partition coefficient (Wildman–Crippen LogP) is 4.92. The van der Waals surface area contributed by atoms with Crippen LogP contribution in [0.2, 0.25) is 0 Å². The first-order valence-electron chi connectivity index (χ1n) is 9.39. The third-order valence-electron chi connectivity index (χ3n) is 5.27. The summed E-state index contributed by atoms with van der Waals surface area (Å²) in [4.78, 5) is 23.3. The summed E-state index contributed by atoms with van der Waals surface area (Å²) < 4.78 is 6.87. The molecule has 1 N–H and O–H groups in total. The second kappa shape index (κ2) is 10.5. The fourth-order valence-electron chi connectivity index (χ4n) is 3.82. The fraction of sp³-hybridized carbons (Fsp3) is 0.600. The van der Waals surface area contributed by atoms with E-state index in [1.165, 1.54) is 4.31 Å². The van der Waals surface area contributed by atoms with Crippen molar-refractivity contribution in [2.45, 2.75) is 64.5 Å². The summed E-state index contributed by atoms with van der Waals surface area (Å²) >= 11 is 4.47. The van der Waals surface area contributed by atoms with Gasteiger partial charge in [-0.25, -0.2) is 4.79 Å². The average molecular weight is 380 g/mol. The zero-order valence-electron chi connectivity index (χ0n) is 15.3. The van der Waals surface area contributed by atoms with Crippen LogP contribution in [0.4, 0.5) is 4.79 Å². The zero-order valence-corrected chi connectivity index (χ0v) is 16.2. The highest BCUT2D eigenvalue weighted by Crippen LogP contribution is 2.36. The number of rotatable bonds is 7. The molecule has 0 heterocycles. The lowest BCUT2D eigenvalue weighted by molar-refractivity contribution is -0.137. The summed E-state index contributed by atoms with van der Waals surface area (Å²) in [6.07, 6.45) is 5.32. The zero-order chi connectivity index (χ0) is 18.9. The molecule has 1 aliphatic rings. The average Bonchev–Trinajstić information content (AvgIpc) is 2.81. The van der Waals surface area contributed by atoms with E-state index in [0.29, 0.717) is 12.3 Å². The van der Waals surface area contributed by atoms with Crippen molar-refractivity contribution in [3.05, 3.63) is 35.9 Å². The number of carboxylic acid groups (broad SMARTS) is 1. The number of aliphatic carboxylic acids is 1. The number of thiol groups is 1. The molecule has 26 heavy (non-hydrogen) atoms. The molecule has 6 heteroatoms. The van der Waals surface area contributed by atoms with Crippen molar-refractivity contribution in [3.8, 4) is 0 Å². The highest BCUT2D eigenvalue weighted by Gasteiger charge is 2.34. The fourth-order valence-corrected chi connectivity index (χ4v) is 4.16. The second-order valence-corrected chi connectivity index (χ2v) is 7.59. The first kappa shape index (κ1) is 20.6. The molecule has 0 bridgehead atoms. The Morgan fingerprint density at radius 3 is 2.62 bits per heavy atom. The van der Waals surface area contributed by atoms with Gasteiger partial charge in [0.25, 0.3) is 0 Å². The van der Waals surface area contributed by atoms with Crippen LogP contribution >= 0.6 is 12.8 Å². The molecule has 1 aromatic carbocycles. The summed E-state index contributed by atoms with van der Waals surface area (Å²) in [5.74, 6) is -0.0840. The van der Waals surface area contributed by atoms with Crippen LogP contribution in [0.1, 0.15) is 57.4 Å². The summed E-state index contributed by atoms with van der Waals surface area (Å²) in [5, 5.41) is 8.91. The maximum atomic E-state index is 12.5. The Morgan fingerprint density at radius 1 is 1.23 bits per heavy atom. The van der Waals surface area contributed by atoms with Gasteiger partial charge in [0.2, 0.25) is 0 Å². The topological polar surface area (TPSA) is 66.8 Å². The van der Waals surface area contributed by atoms with Gasteiger partial charge >= 0.3 is 12.1 Å². The number of amides is 1. The molecule has 0 aliphatic heterocycles. The third-order valence-corrected chi connectivity index (χ3v) is 5.73. The van der Waals surface area contributed by atoms with Crippen LogP contribution in [0.3, 0.4) is 0 Å². The second-order valence-electron chi connectivity index (χ2n) is 7.16. The van der Waals surface area contributed by atoms with Crippen LogP contribution in [0.25, 0.3) is 0 Å². The van der Waals surface area contributed by atoms with Gasteiger partial charge in [0.05, 0.1) is 0 Å². The van der Waals surface area contributed by atoms with Gasteiger partial charge in [0, 0.05) is 12.5 Å². The molecule has 2 rings (SSSR count). The normalized spacial score (nSPS) is 23.1. The summed E-state index contributed by atoms with van der Waals surface area (Å²) in [5.41, 5.74) is 0.940. The minimum absolute atomic E-state index is 0.0205. The van der Waals surface area contributed by atoms with E-state index >= 15 is 0 Å². The van der Waals surface area contributed by atoms with E-state index in [1.54, 1.807) is 0 Å². The van der Waals surface area contributed by atoms with Gasteiger partial charge in [0.1, 0.15) is 6.61 Å². The van der Waals surface area contributed by atoms with E-state index in [1.807, 2.05) is 30.3 Å². The Hall–Kier alpha value is -1.69. The van der Waals surface area contributed by atoms with Crippen LogP contribution in [0.5, 0.6) is 0 Å². The number of nitrogens with zero attached hydrogens (tertiary/aromatic N) is 1. The molecule has 5 nitrogen and oxygen atoms in total. The van der Waals surface area contributed by atoms with Crippen LogP contribution < -0.4 is 0 Å². The standard InChI is InChI=1S/C20H29NO4S/c1-15-8-5-6-12-18(17(15)11-7-13-19(22)23)21(26)20(24)25-14-16-9-3-2-4-10-16/h2-4,9-10,15,17-18,26H,5-8,11-14H2,1H3,(H,22,23)/t15?,17?,18-/m0/s1. The van der Waals surface area contributed by atoms with Gasteiger partial charge in [-0.1, -0.05) is 69.3 Å². The molecule has 1 saturated carbocycles. The summed E-state index contributed by atoms with van der Waals surface area (Å²) in [7, 11) is 0. The molecular formula is C20H29NO4S. The van der Waals surface area contributed by atoms with Crippen LogP contribution in [0, 0.1) is 11.8 Å². The Balaban J connectivity index is 1.97. The molecule has 0 saturated heterocycles. The quantitative estimate of drug-likeness (QED) is 0.521. The molecule has 1 aromatic rings. The molecule has 0 radical (unpaired) electrons. The first-order valence-corrected chi connectivity index (χ1v) is 9.79. The molecule has 1 aliphatic carbocycles. The maximum absolute atomic E-state index is 12.5. The van der Waals surface area contributed by atoms with Gasteiger partial charge in [-0.2, -0.15) is 0 Å². The molecule has 2 unspecified atom stereocenters. The molecule has 144 valence electrons.